The fraction of sp³-hybridized carbons (Fsp3) is 0.560. The zero-order valence-corrected chi connectivity index (χ0v) is 24.8. The molecule has 0 saturated carbocycles. The number of hydrogen-bond donors (Lipinski definition) is 0. The first-order valence-corrected chi connectivity index (χ1v) is 15.9. The maximum atomic E-state index is 13.4. The van der Waals surface area contributed by atoms with Gasteiger partial charge in [-0.05, 0) is 38.0 Å². The Balaban J connectivity index is 1.50. The van der Waals surface area contributed by atoms with Crippen molar-refractivity contribution in [1.82, 2.24) is 19.1 Å². The number of ether oxygens (including phenoxy) is 3. The number of imidazole rings is 1. The molecule has 2 fully saturated rings. The second-order valence-corrected chi connectivity index (χ2v) is 16.9. The Morgan fingerprint density at radius 2 is 1.76 bits per heavy atom. The van der Waals surface area contributed by atoms with E-state index in [1.54, 1.807) is 4.57 Å². The van der Waals surface area contributed by atoms with Crippen LogP contribution in [-0.4, -0.2) is 68.0 Å². The van der Waals surface area contributed by atoms with Gasteiger partial charge in [-0.1, -0.05) is 20.8 Å². The normalized spacial score (nSPS) is 24.1. The molecule has 41 heavy (non-hydrogen) atoms. The topological polar surface area (TPSA) is 176 Å². The summed E-state index contributed by atoms with van der Waals surface area (Å²) in [5, 5.41) is 22.8. The molecule has 2 saturated heterocycles. The quantitative estimate of drug-likeness (QED) is 0.223. The van der Waals surface area contributed by atoms with Crippen LogP contribution in [0, 0.1) is 20.2 Å². The number of aromatic nitrogens is 4. The number of fused-ring (bicyclic) bond motifs is 2. The highest BCUT2D eigenvalue weighted by Crippen LogP contribution is 2.45. The summed E-state index contributed by atoms with van der Waals surface area (Å²) < 4.78 is 27.7. The Morgan fingerprint density at radius 1 is 1.07 bits per heavy atom. The highest BCUT2D eigenvalue weighted by Gasteiger charge is 2.56. The van der Waals surface area contributed by atoms with Crippen molar-refractivity contribution < 1.29 is 28.5 Å². The summed E-state index contributed by atoms with van der Waals surface area (Å²) in [6, 6.07) is 3.00. The number of nitrogens with zero attached hydrogens (tertiary/aromatic N) is 6. The molecule has 0 unspecified atom stereocenters. The molecule has 0 radical (unpaired) electrons. The average molecular weight is 589 g/mol. The smallest absolute Gasteiger partial charge is 0.300 e. The molecule has 16 heteroatoms. The van der Waals surface area contributed by atoms with Crippen molar-refractivity contribution in [3.05, 3.63) is 61.4 Å². The highest BCUT2D eigenvalue weighted by molar-refractivity contribution is 6.74. The van der Waals surface area contributed by atoms with Crippen LogP contribution in [0.3, 0.4) is 0 Å². The first-order chi connectivity index (χ1) is 19.0. The van der Waals surface area contributed by atoms with Crippen molar-refractivity contribution >= 4 is 30.9 Å². The van der Waals surface area contributed by atoms with Gasteiger partial charge < -0.3 is 18.6 Å². The number of nitro benzene ring substituents is 2. The zero-order chi connectivity index (χ0) is 30.1. The maximum Gasteiger partial charge on any atom is 0.300 e. The number of hydrogen-bond acceptors (Lipinski definition) is 11. The molecule has 4 heterocycles. The van der Waals surface area contributed by atoms with E-state index in [0.717, 1.165) is 29.1 Å². The van der Waals surface area contributed by atoms with Crippen molar-refractivity contribution in [2.45, 2.75) is 83.1 Å². The van der Waals surface area contributed by atoms with Crippen molar-refractivity contribution in [1.29, 1.82) is 0 Å². The molecule has 3 aromatic rings. The average Bonchev–Trinajstić information content (AvgIpc) is 3.53. The fourth-order valence-electron chi connectivity index (χ4n) is 4.77. The summed E-state index contributed by atoms with van der Waals surface area (Å²) in [6.45, 7) is 14.7. The van der Waals surface area contributed by atoms with Gasteiger partial charge >= 0.3 is 0 Å². The van der Waals surface area contributed by atoms with E-state index in [9.17, 15) is 25.0 Å². The molecule has 0 spiro atoms. The van der Waals surface area contributed by atoms with Gasteiger partial charge in [0.25, 0.3) is 16.9 Å². The van der Waals surface area contributed by atoms with Crippen LogP contribution in [0.1, 0.15) is 40.8 Å². The van der Waals surface area contributed by atoms with E-state index in [2.05, 4.69) is 43.8 Å². The number of non-ortho nitro benzene ring substituents is 1. The summed E-state index contributed by atoms with van der Waals surface area (Å²) in [7, 11) is -2.09. The van der Waals surface area contributed by atoms with Crippen molar-refractivity contribution in [3.8, 4) is 5.69 Å². The third kappa shape index (κ3) is 5.05. The lowest BCUT2D eigenvalue weighted by atomic mass is 10.1. The van der Waals surface area contributed by atoms with E-state index < -0.39 is 65.4 Å². The summed E-state index contributed by atoms with van der Waals surface area (Å²) >= 11 is 0. The Bertz CT molecular complexity index is 1590. The zero-order valence-electron chi connectivity index (χ0n) is 23.8. The molecule has 2 aliphatic rings. The van der Waals surface area contributed by atoms with E-state index in [-0.39, 0.29) is 21.9 Å². The van der Waals surface area contributed by atoms with Crippen LogP contribution in [0.25, 0.3) is 16.9 Å². The molecule has 0 N–H and O–H groups in total. The molecule has 0 bridgehead atoms. The minimum absolute atomic E-state index is 0.000171. The minimum Gasteiger partial charge on any atom is -0.414 e. The Hall–Kier alpha value is -3.57. The number of rotatable bonds is 7. The number of benzene rings is 1. The van der Waals surface area contributed by atoms with Crippen LogP contribution < -0.4 is 5.56 Å². The van der Waals surface area contributed by atoms with Gasteiger partial charge in [0.15, 0.2) is 31.5 Å². The van der Waals surface area contributed by atoms with Gasteiger partial charge in [0.05, 0.1) is 28.8 Å². The summed E-state index contributed by atoms with van der Waals surface area (Å²) in [5.41, 5.74) is -1.86. The Morgan fingerprint density at radius 3 is 2.39 bits per heavy atom. The van der Waals surface area contributed by atoms with E-state index in [1.807, 2.05) is 13.8 Å². The Labute approximate surface area is 235 Å². The van der Waals surface area contributed by atoms with Gasteiger partial charge in [-0.2, -0.15) is 0 Å². The molecule has 5 rings (SSSR count). The first kappa shape index (κ1) is 28.9. The molecular weight excluding hydrogens is 556 g/mol. The molecular formula is C25H32N6O9Si. The maximum absolute atomic E-state index is 13.4. The lowest BCUT2D eigenvalue weighted by Gasteiger charge is -2.37. The summed E-state index contributed by atoms with van der Waals surface area (Å²) in [6.07, 6.45) is 0.340. The summed E-state index contributed by atoms with van der Waals surface area (Å²) in [4.78, 5) is 43.3. The van der Waals surface area contributed by atoms with Gasteiger partial charge in [0.1, 0.15) is 30.3 Å². The van der Waals surface area contributed by atoms with E-state index in [1.165, 1.54) is 6.33 Å². The molecule has 15 nitrogen and oxygen atoms in total. The van der Waals surface area contributed by atoms with E-state index in [0.29, 0.717) is 6.61 Å². The largest absolute Gasteiger partial charge is 0.414 e. The van der Waals surface area contributed by atoms with Crippen molar-refractivity contribution in [2.24, 2.45) is 0 Å². The van der Waals surface area contributed by atoms with Crippen LogP contribution in [0.5, 0.6) is 0 Å². The van der Waals surface area contributed by atoms with Gasteiger partial charge in [-0.25, -0.2) is 9.97 Å². The second-order valence-electron chi connectivity index (χ2n) is 12.1. The second kappa shape index (κ2) is 9.76. The van der Waals surface area contributed by atoms with Gasteiger partial charge in [-0.3, -0.25) is 34.2 Å². The molecule has 0 amide bonds. The Kier molecular flexibility index (Phi) is 6.89. The van der Waals surface area contributed by atoms with Gasteiger partial charge in [-0.15, -0.1) is 0 Å². The first-order valence-electron chi connectivity index (χ1n) is 13.0. The highest BCUT2D eigenvalue weighted by atomic mass is 28.4. The monoisotopic (exact) mass is 588 g/mol. The van der Waals surface area contributed by atoms with Crippen LogP contribution in [0.4, 0.5) is 11.4 Å². The van der Waals surface area contributed by atoms with Crippen LogP contribution in [-0.2, 0) is 18.6 Å². The molecule has 2 aromatic heterocycles. The van der Waals surface area contributed by atoms with E-state index in [4.69, 9.17) is 18.6 Å². The standard InChI is InChI=1S/C25H32N6O9Si/c1-24(2,3)41(6,7)37-11-17-19-20(40-25(4,5)39-19)23(38-17)29-12-26-18-21(29)27-13-28(22(18)32)15-9-8-14(30(33)34)10-16(15)31(35)36/h8-10,12-13,17,19-20,23H,11H2,1-7H3/t17-,19-,20-,23-/m1/s1. The predicted octanol–water partition coefficient (Wildman–Crippen LogP) is 3.84. The van der Waals surface area contributed by atoms with Gasteiger partial charge in [0, 0.05) is 6.07 Å². The van der Waals surface area contributed by atoms with Gasteiger partial charge in [0.2, 0.25) is 0 Å². The van der Waals surface area contributed by atoms with Crippen molar-refractivity contribution in [3.63, 3.8) is 0 Å². The third-order valence-electron chi connectivity index (χ3n) is 7.92. The minimum atomic E-state index is -2.09. The lowest BCUT2D eigenvalue weighted by molar-refractivity contribution is -0.394. The predicted molar refractivity (Wildman–Crippen MR) is 147 cm³/mol. The summed E-state index contributed by atoms with van der Waals surface area (Å²) in [5.74, 6) is -0.877. The molecule has 4 atom stereocenters. The lowest BCUT2D eigenvalue weighted by Crippen LogP contribution is -2.44. The molecule has 0 aliphatic carbocycles. The third-order valence-corrected chi connectivity index (χ3v) is 12.4. The number of nitro groups is 2. The molecule has 220 valence electrons. The van der Waals surface area contributed by atoms with Crippen LogP contribution in [0.2, 0.25) is 18.1 Å². The molecule has 1 aromatic carbocycles. The SMILES string of the molecule is CC1(C)O[C@@H]2[C@H](O1)[C@@H](CO[Si](C)(C)C(C)(C)C)O[C@H]2n1cnc2c(=O)n(-c3ccc([N+](=O)[O-])cc3[N+](=O)[O-])cnc21. The van der Waals surface area contributed by atoms with Crippen LogP contribution in [0.15, 0.2) is 35.6 Å². The van der Waals surface area contributed by atoms with Crippen LogP contribution >= 0.6 is 0 Å². The van der Waals surface area contributed by atoms with E-state index >= 15 is 0 Å². The van der Waals surface area contributed by atoms with Crippen molar-refractivity contribution in [2.75, 3.05) is 6.61 Å². The molecule has 2 aliphatic heterocycles. The fourth-order valence-corrected chi connectivity index (χ4v) is 5.78.